The smallest absolute Gasteiger partial charge is 0.294 e. The highest BCUT2D eigenvalue weighted by molar-refractivity contribution is 8.18. The number of carbonyl (C=O) groups is 3. The van der Waals surface area contributed by atoms with Crippen LogP contribution >= 0.6 is 11.8 Å². The van der Waals surface area contributed by atoms with E-state index in [2.05, 4.69) is 10.2 Å². The van der Waals surface area contributed by atoms with Crippen molar-refractivity contribution >= 4 is 46.3 Å². The van der Waals surface area contributed by atoms with Crippen LogP contribution < -0.4 is 10.2 Å². The van der Waals surface area contributed by atoms with E-state index in [1.807, 2.05) is 12.1 Å². The molecule has 1 N–H and O–H groups in total. The normalized spacial score (nSPS) is 18.0. The maximum absolute atomic E-state index is 13.0. The summed E-state index contributed by atoms with van der Waals surface area (Å²) in [4.78, 5) is 40.4. The topological polar surface area (TPSA) is 79.0 Å². The molecule has 0 spiro atoms. The number of nitrogens with one attached hydrogen (secondary N) is 1. The molecule has 0 aromatic heterocycles. The van der Waals surface area contributed by atoms with Crippen molar-refractivity contribution in [3.05, 3.63) is 64.8 Å². The highest BCUT2D eigenvalue weighted by atomic mass is 32.2. The molecule has 2 aliphatic heterocycles. The number of hydrogen-bond acceptors (Lipinski definition) is 6. The number of carbonyl (C=O) groups excluding carboxylic acids is 3. The first-order valence-electron chi connectivity index (χ1n) is 9.73. The van der Waals surface area contributed by atoms with Crippen molar-refractivity contribution in [2.24, 2.45) is 0 Å². The van der Waals surface area contributed by atoms with Crippen LogP contribution in [0.2, 0.25) is 0 Å². The number of morpholine rings is 1. The standard InChI is InChI=1S/C22H20FN3O4S/c23-16-3-1-15(2-4-16)13-19-21(28)26(22(29)31-19)14-20(27)24-17-5-7-18(8-6-17)25-9-11-30-12-10-25/h1-8,13H,9-12,14H2,(H,24,27)/b19-13+. The monoisotopic (exact) mass is 441 g/mol. The quantitative estimate of drug-likeness (QED) is 0.717. The van der Waals surface area contributed by atoms with Crippen molar-refractivity contribution in [2.75, 3.05) is 43.1 Å². The van der Waals surface area contributed by atoms with Crippen LogP contribution in [0.3, 0.4) is 0 Å². The number of imide groups is 1. The zero-order chi connectivity index (χ0) is 21.8. The minimum absolute atomic E-state index is 0.194. The Morgan fingerprint density at radius 2 is 1.74 bits per heavy atom. The Bertz CT molecular complexity index is 1020. The van der Waals surface area contributed by atoms with Crippen LogP contribution in [0.1, 0.15) is 5.56 Å². The predicted molar refractivity (Wildman–Crippen MR) is 117 cm³/mol. The van der Waals surface area contributed by atoms with Gasteiger partial charge in [0.15, 0.2) is 0 Å². The van der Waals surface area contributed by atoms with Gasteiger partial charge in [0.2, 0.25) is 5.91 Å². The second-order valence-electron chi connectivity index (χ2n) is 7.01. The lowest BCUT2D eigenvalue weighted by Crippen LogP contribution is -2.36. The van der Waals surface area contributed by atoms with Gasteiger partial charge in [-0.3, -0.25) is 19.3 Å². The molecule has 2 fully saturated rings. The molecular formula is C22H20FN3O4S. The average Bonchev–Trinajstić information content (AvgIpc) is 3.04. The molecule has 9 heteroatoms. The molecule has 4 rings (SSSR count). The molecule has 2 aromatic carbocycles. The van der Waals surface area contributed by atoms with Crippen molar-refractivity contribution in [1.82, 2.24) is 4.90 Å². The lowest BCUT2D eigenvalue weighted by atomic mass is 10.2. The molecule has 2 aromatic rings. The minimum atomic E-state index is -0.544. The van der Waals surface area contributed by atoms with Crippen molar-refractivity contribution in [1.29, 1.82) is 0 Å². The van der Waals surface area contributed by atoms with E-state index < -0.39 is 17.1 Å². The number of halogens is 1. The summed E-state index contributed by atoms with van der Waals surface area (Å²) >= 11 is 0.756. The SMILES string of the molecule is O=C(CN1C(=O)S/C(=C/c2ccc(F)cc2)C1=O)Nc1ccc(N2CCOCC2)cc1. The Hall–Kier alpha value is -3.17. The van der Waals surface area contributed by atoms with Gasteiger partial charge in [-0.25, -0.2) is 4.39 Å². The molecule has 2 saturated heterocycles. The molecule has 0 radical (unpaired) electrons. The van der Waals surface area contributed by atoms with Crippen LogP contribution in [0.15, 0.2) is 53.4 Å². The Labute approximate surface area is 182 Å². The van der Waals surface area contributed by atoms with Gasteiger partial charge in [0.1, 0.15) is 12.4 Å². The van der Waals surface area contributed by atoms with Gasteiger partial charge in [0.05, 0.1) is 18.1 Å². The molecule has 3 amide bonds. The van der Waals surface area contributed by atoms with E-state index in [0.29, 0.717) is 24.5 Å². The minimum Gasteiger partial charge on any atom is -0.378 e. The van der Waals surface area contributed by atoms with E-state index in [1.165, 1.54) is 30.3 Å². The maximum atomic E-state index is 13.0. The second kappa shape index (κ2) is 9.32. The number of rotatable bonds is 5. The van der Waals surface area contributed by atoms with Gasteiger partial charge in [-0.2, -0.15) is 0 Å². The van der Waals surface area contributed by atoms with Gasteiger partial charge in [0, 0.05) is 24.5 Å². The van der Waals surface area contributed by atoms with Gasteiger partial charge in [-0.1, -0.05) is 12.1 Å². The first kappa shape index (κ1) is 21.1. The van der Waals surface area contributed by atoms with E-state index >= 15 is 0 Å². The summed E-state index contributed by atoms with van der Waals surface area (Å²) in [6, 6.07) is 12.9. The molecular weight excluding hydrogens is 421 g/mol. The maximum Gasteiger partial charge on any atom is 0.294 e. The Morgan fingerprint density at radius 1 is 1.06 bits per heavy atom. The third-order valence-corrected chi connectivity index (χ3v) is 5.78. The first-order chi connectivity index (χ1) is 15.0. The van der Waals surface area contributed by atoms with Gasteiger partial charge in [-0.15, -0.1) is 0 Å². The van der Waals surface area contributed by atoms with E-state index in [4.69, 9.17) is 4.74 Å². The lowest BCUT2D eigenvalue weighted by Gasteiger charge is -2.28. The van der Waals surface area contributed by atoms with Crippen molar-refractivity contribution in [3.63, 3.8) is 0 Å². The molecule has 0 unspecified atom stereocenters. The number of anilines is 2. The van der Waals surface area contributed by atoms with Crippen LogP contribution in [0.4, 0.5) is 20.6 Å². The number of ether oxygens (including phenoxy) is 1. The van der Waals surface area contributed by atoms with Gasteiger partial charge < -0.3 is 15.0 Å². The summed E-state index contributed by atoms with van der Waals surface area (Å²) in [5.74, 6) is -1.40. The van der Waals surface area contributed by atoms with Gasteiger partial charge >= 0.3 is 0 Å². The first-order valence-corrected chi connectivity index (χ1v) is 10.5. The number of amides is 3. The van der Waals surface area contributed by atoms with E-state index in [9.17, 15) is 18.8 Å². The average molecular weight is 441 g/mol. The van der Waals surface area contributed by atoms with Crippen LogP contribution in [0.25, 0.3) is 6.08 Å². The summed E-state index contributed by atoms with van der Waals surface area (Å²) < 4.78 is 18.4. The second-order valence-corrected chi connectivity index (χ2v) is 8.01. The van der Waals surface area contributed by atoms with Gasteiger partial charge in [0.25, 0.3) is 11.1 Å². The Balaban J connectivity index is 1.36. The molecule has 2 heterocycles. The zero-order valence-corrected chi connectivity index (χ0v) is 17.4. The molecule has 0 bridgehead atoms. The van der Waals surface area contributed by atoms with E-state index in [-0.39, 0.29) is 17.3 Å². The number of hydrogen-bond donors (Lipinski definition) is 1. The molecule has 160 valence electrons. The number of benzene rings is 2. The fourth-order valence-corrected chi connectivity index (χ4v) is 4.11. The molecule has 2 aliphatic rings. The summed E-state index contributed by atoms with van der Waals surface area (Å²) in [7, 11) is 0. The molecule has 0 atom stereocenters. The van der Waals surface area contributed by atoms with Crippen LogP contribution in [-0.2, 0) is 14.3 Å². The van der Waals surface area contributed by atoms with Crippen LogP contribution in [0, 0.1) is 5.82 Å². The molecule has 31 heavy (non-hydrogen) atoms. The zero-order valence-electron chi connectivity index (χ0n) is 16.5. The highest BCUT2D eigenvalue weighted by Gasteiger charge is 2.36. The summed E-state index contributed by atoms with van der Waals surface area (Å²) in [5, 5.41) is 2.19. The molecule has 0 saturated carbocycles. The number of nitrogens with zero attached hydrogens (tertiary/aromatic N) is 2. The lowest BCUT2D eigenvalue weighted by molar-refractivity contribution is -0.127. The third-order valence-electron chi connectivity index (χ3n) is 4.87. The third kappa shape index (κ3) is 5.12. The van der Waals surface area contributed by atoms with Crippen LogP contribution in [0.5, 0.6) is 0 Å². The number of thioether (sulfide) groups is 1. The summed E-state index contributed by atoms with van der Waals surface area (Å²) in [5.41, 5.74) is 2.21. The van der Waals surface area contributed by atoms with E-state index in [1.54, 1.807) is 12.1 Å². The molecule has 0 aliphatic carbocycles. The van der Waals surface area contributed by atoms with Crippen molar-refractivity contribution < 1.29 is 23.5 Å². The highest BCUT2D eigenvalue weighted by Crippen LogP contribution is 2.32. The van der Waals surface area contributed by atoms with Crippen molar-refractivity contribution in [2.45, 2.75) is 0 Å². The van der Waals surface area contributed by atoms with Crippen molar-refractivity contribution in [3.8, 4) is 0 Å². The van der Waals surface area contributed by atoms with E-state index in [0.717, 1.165) is 35.4 Å². The largest absolute Gasteiger partial charge is 0.378 e. The van der Waals surface area contributed by atoms with Crippen LogP contribution in [-0.4, -0.2) is 54.8 Å². The van der Waals surface area contributed by atoms with Gasteiger partial charge in [-0.05, 0) is 59.8 Å². The fraction of sp³-hybridized carbons (Fsp3) is 0.227. The Morgan fingerprint density at radius 3 is 2.42 bits per heavy atom. The predicted octanol–water partition coefficient (Wildman–Crippen LogP) is 3.34. The summed E-state index contributed by atoms with van der Waals surface area (Å²) in [6.45, 7) is 2.63. The fourth-order valence-electron chi connectivity index (χ4n) is 3.27. The Kier molecular flexibility index (Phi) is 6.34. The molecule has 7 nitrogen and oxygen atoms in total. The summed E-state index contributed by atoms with van der Waals surface area (Å²) in [6.07, 6.45) is 1.51.